The molecule has 3 heterocycles. The molecule has 0 atom stereocenters. The Morgan fingerprint density at radius 1 is 1.09 bits per heavy atom. The van der Waals surface area contributed by atoms with Gasteiger partial charge in [-0.25, -0.2) is 9.78 Å². The lowest BCUT2D eigenvalue weighted by Crippen LogP contribution is -2.35. The average Bonchev–Trinajstić information content (AvgIpc) is 3.30. The number of rotatable bonds is 4. The Labute approximate surface area is 194 Å². The van der Waals surface area contributed by atoms with E-state index in [0.717, 1.165) is 47.5 Å². The summed E-state index contributed by atoms with van der Waals surface area (Å²) in [6.45, 7) is 1.45. The number of aromatic nitrogens is 4. The highest BCUT2D eigenvalue weighted by Crippen LogP contribution is 2.32. The number of piperidine rings is 1. The van der Waals surface area contributed by atoms with Crippen LogP contribution < -0.4 is 10.5 Å². The molecule has 1 aliphatic rings. The van der Waals surface area contributed by atoms with Crippen molar-refractivity contribution in [2.75, 3.05) is 25.1 Å². The van der Waals surface area contributed by atoms with Crippen LogP contribution in [0.4, 0.5) is 5.69 Å². The smallest absolute Gasteiger partial charge is 0.340 e. The van der Waals surface area contributed by atoms with Crippen molar-refractivity contribution in [1.82, 2.24) is 19.7 Å². The normalized spacial score (nSPS) is 14.5. The van der Waals surface area contributed by atoms with Crippen LogP contribution in [0.25, 0.3) is 16.7 Å². The van der Waals surface area contributed by atoms with E-state index in [1.165, 1.54) is 7.11 Å². The fourth-order valence-electron chi connectivity index (χ4n) is 4.32. The summed E-state index contributed by atoms with van der Waals surface area (Å²) >= 11 is 6.50. The van der Waals surface area contributed by atoms with Gasteiger partial charge in [0.15, 0.2) is 0 Å². The summed E-state index contributed by atoms with van der Waals surface area (Å²) in [6, 6.07) is 14.6. The fourth-order valence-corrected chi connectivity index (χ4v) is 4.57. The number of fused-ring (bicyclic) bond motifs is 1. The van der Waals surface area contributed by atoms with Crippen LogP contribution in [0.2, 0.25) is 5.02 Å². The van der Waals surface area contributed by atoms with Crippen LogP contribution in [0.15, 0.2) is 59.5 Å². The predicted molar refractivity (Wildman–Crippen MR) is 126 cm³/mol. The second-order valence-electron chi connectivity index (χ2n) is 7.97. The SMILES string of the molecule is COC(=O)c1ccccc1-n1ncc(N2CCC(c3nc4ccccc4[nH]3)CC2)c(Cl)c1=O. The van der Waals surface area contributed by atoms with Gasteiger partial charge in [-0.15, -0.1) is 0 Å². The summed E-state index contributed by atoms with van der Waals surface area (Å²) in [4.78, 5) is 35.4. The molecule has 1 N–H and O–H groups in total. The first-order valence-corrected chi connectivity index (χ1v) is 11.1. The third-order valence-corrected chi connectivity index (χ3v) is 6.42. The number of anilines is 1. The Bertz CT molecular complexity index is 1360. The number of esters is 1. The predicted octanol–water partition coefficient (Wildman–Crippen LogP) is 3.93. The molecule has 33 heavy (non-hydrogen) atoms. The van der Waals surface area contributed by atoms with E-state index in [4.69, 9.17) is 21.3 Å². The highest BCUT2D eigenvalue weighted by molar-refractivity contribution is 6.33. The van der Waals surface area contributed by atoms with E-state index in [0.29, 0.717) is 17.3 Å². The van der Waals surface area contributed by atoms with Crippen molar-refractivity contribution >= 4 is 34.3 Å². The molecule has 0 aliphatic carbocycles. The number of benzene rings is 2. The Morgan fingerprint density at radius 3 is 2.58 bits per heavy atom. The van der Waals surface area contributed by atoms with Crippen LogP contribution in [-0.2, 0) is 4.74 Å². The summed E-state index contributed by atoms with van der Waals surface area (Å²) in [5.41, 5.74) is 2.69. The lowest BCUT2D eigenvalue weighted by molar-refractivity contribution is 0.0600. The zero-order chi connectivity index (χ0) is 22.9. The van der Waals surface area contributed by atoms with Gasteiger partial charge in [0.25, 0.3) is 5.56 Å². The molecular weight excluding hydrogens is 442 g/mol. The van der Waals surface area contributed by atoms with E-state index in [1.807, 2.05) is 24.3 Å². The van der Waals surface area contributed by atoms with E-state index < -0.39 is 11.5 Å². The molecule has 0 amide bonds. The van der Waals surface area contributed by atoms with Gasteiger partial charge in [-0.3, -0.25) is 4.79 Å². The number of nitrogens with one attached hydrogen (secondary N) is 1. The lowest BCUT2D eigenvalue weighted by atomic mass is 9.96. The fraction of sp³-hybridized carbons (Fsp3) is 0.250. The van der Waals surface area contributed by atoms with Crippen LogP contribution in [-0.4, -0.2) is 45.9 Å². The molecule has 1 saturated heterocycles. The van der Waals surface area contributed by atoms with Gasteiger partial charge in [0.1, 0.15) is 10.8 Å². The second kappa shape index (κ2) is 8.71. The summed E-state index contributed by atoms with van der Waals surface area (Å²) in [6.07, 6.45) is 3.34. The van der Waals surface area contributed by atoms with E-state index in [9.17, 15) is 9.59 Å². The summed E-state index contributed by atoms with van der Waals surface area (Å²) < 4.78 is 5.96. The van der Waals surface area contributed by atoms with Crippen LogP contribution in [0.3, 0.4) is 0 Å². The number of methoxy groups -OCH3 is 1. The van der Waals surface area contributed by atoms with Crippen molar-refractivity contribution in [2.45, 2.75) is 18.8 Å². The van der Waals surface area contributed by atoms with Crippen molar-refractivity contribution in [3.63, 3.8) is 0 Å². The third-order valence-electron chi connectivity index (χ3n) is 6.07. The Hall–Kier alpha value is -3.65. The summed E-state index contributed by atoms with van der Waals surface area (Å²) in [5.74, 6) is 0.759. The molecule has 1 fully saturated rings. The molecule has 9 heteroatoms. The number of hydrogen-bond acceptors (Lipinski definition) is 6. The van der Waals surface area contributed by atoms with Gasteiger partial charge in [0, 0.05) is 19.0 Å². The number of ether oxygens (including phenoxy) is 1. The van der Waals surface area contributed by atoms with Crippen LogP contribution in [0.1, 0.15) is 34.9 Å². The van der Waals surface area contributed by atoms with Gasteiger partial charge >= 0.3 is 5.97 Å². The van der Waals surface area contributed by atoms with Gasteiger partial charge < -0.3 is 14.6 Å². The minimum atomic E-state index is -0.549. The van der Waals surface area contributed by atoms with Crippen LogP contribution in [0.5, 0.6) is 0 Å². The summed E-state index contributed by atoms with van der Waals surface area (Å²) in [5, 5.41) is 4.40. The van der Waals surface area contributed by atoms with Crippen molar-refractivity contribution in [3.8, 4) is 5.69 Å². The van der Waals surface area contributed by atoms with Crippen molar-refractivity contribution in [3.05, 3.63) is 81.5 Å². The summed E-state index contributed by atoms with van der Waals surface area (Å²) in [7, 11) is 1.29. The van der Waals surface area contributed by atoms with Gasteiger partial charge in [-0.1, -0.05) is 35.9 Å². The number of para-hydroxylation sites is 3. The first-order valence-electron chi connectivity index (χ1n) is 10.7. The second-order valence-corrected chi connectivity index (χ2v) is 8.35. The number of carbonyl (C=O) groups excluding carboxylic acids is 1. The standard InChI is InChI=1S/C24H22ClN5O3/c1-33-24(32)16-6-2-5-9-19(16)30-23(31)21(25)20(14-26-30)29-12-10-15(11-13-29)22-27-17-7-3-4-8-18(17)28-22/h2-9,14-15H,10-13H2,1H3,(H,27,28). The maximum atomic E-state index is 13.1. The molecule has 0 bridgehead atoms. The van der Waals surface area contributed by atoms with Gasteiger partial charge in [0.05, 0.1) is 41.3 Å². The maximum absolute atomic E-state index is 13.1. The Balaban J connectivity index is 1.38. The Kier molecular flexibility index (Phi) is 5.60. The quantitative estimate of drug-likeness (QED) is 0.461. The lowest BCUT2D eigenvalue weighted by Gasteiger charge is -2.33. The van der Waals surface area contributed by atoms with Gasteiger partial charge in [0.2, 0.25) is 0 Å². The molecular formula is C24H22ClN5O3. The number of nitrogens with zero attached hydrogens (tertiary/aromatic N) is 4. The number of carbonyl (C=O) groups is 1. The molecule has 5 rings (SSSR count). The van der Waals surface area contributed by atoms with E-state index in [1.54, 1.807) is 30.5 Å². The monoisotopic (exact) mass is 463 g/mol. The van der Waals surface area contributed by atoms with E-state index in [2.05, 4.69) is 15.0 Å². The minimum Gasteiger partial charge on any atom is -0.465 e. The molecule has 0 spiro atoms. The number of hydrogen-bond donors (Lipinski definition) is 1. The van der Waals surface area contributed by atoms with Gasteiger partial charge in [-0.2, -0.15) is 9.78 Å². The highest BCUT2D eigenvalue weighted by atomic mass is 35.5. The first kappa shape index (κ1) is 21.2. The van der Waals surface area contributed by atoms with E-state index in [-0.39, 0.29) is 10.6 Å². The van der Waals surface area contributed by atoms with Crippen molar-refractivity contribution in [2.24, 2.45) is 0 Å². The zero-order valence-electron chi connectivity index (χ0n) is 18.0. The third kappa shape index (κ3) is 3.87. The average molecular weight is 464 g/mol. The molecule has 0 radical (unpaired) electrons. The number of H-pyrrole nitrogens is 1. The Morgan fingerprint density at radius 2 is 1.82 bits per heavy atom. The van der Waals surface area contributed by atoms with Gasteiger partial charge in [-0.05, 0) is 37.1 Å². The molecule has 0 unspecified atom stereocenters. The molecule has 8 nitrogen and oxygen atoms in total. The number of aromatic amines is 1. The minimum absolute atomic E-state index is 0.0758. The zero-order valence-corrected chi connectivity index (χ0v) is 18.7. The molecule has 0 saturated carbocycles. The molecule has 1 aliphatic heterocycles. The van der Waals surface area contributed by atoms with Crippen molar-refractivity contribution in [1.29, 1.82) is 0 Å². The van der Waals surface area contributed by atoms with Crippen LogP contribution >= 0.6 is 11.6 Å². The van der Waals surface area contributed by atoms with E-state index >= 15 is 0 Å². The van der Waals surface area contributed by atoms with Crippen molar-refractivity contribution < 1.29 is 9.53 Å². The highest BCUT2D eigenvalue weighted by Gasteiger charge is 2.26. The number of halogens is 1. The number of imidazole rings is 1. The topological polar surface area (TPSA) is 93.1 Å². The molecule has 2 aromatic heterocycles. The molecule has 2 aromatic carbocycles. The largest absolute Gasteiger partial charge is 0.465 e. The maximum Gasteiger partial charge on any atom is 0.340 e. The molecule has 168 valence electrons. The molecule has 4 aromatic rings. The van der Waals surface area contributed by atoms with Crippen LogP contribution in [0, 0.1) is 0 Å². The first-order chi connectivity index (χ1) is 16.1.